The number of rotatable bonds is 8. The van der Waals surface area contributed by atoms with Crippen molar-refractivity contribution in [1.29, 1.82) is 0 Å². The third kappa shape index (κ3) is 5.00. The van der Waals surface area contributed by atoms with E-state index in [1.54, 1.807) is 4.57 Å². The van der Waals surface area contributed by atoms with Crippen molar-refractivity contribution < 1.29 is 9.15 Å². The first kappa shape index (κ1) is 22.9. The van der Waals surface area contributed by atoms with Gasteiger partial charge in [0.05, 0.1) is 29.7 Å². The molecule has 3 aromatic carbocycles. The lowest BCUT2D eigenvalue weighted by Gasteiger charge is -2.13. The molecule has 0 fully saturated rings. The Morgan fingerprint density at radius 1 is 0.943 bits per heavy atom. The van der Waals surface area contributed by atoms with Crippen LogP contribution < -0.4 is 10.3 Å². The molecule has 0 aliphatic carbocycles. The predicted octanol–water partition coefficient (Wildman–Crippen LogP) is 6.10. The Bertz CT molecular complexity index is 1510. The number of para-hydroxylation sites is 1. The highest BCUT2D eigenvalue weighted by Crippen LogP contribution is 2.28. The van der Waals surface area contributed by atoms with E-state index >= 15 is 0 Å². The quantitative estimate of drug-likeness (QED) is 0.196. The maximum atomic E-state index is 13.4. The molecule has 2 heterocycles. The first-order valence-electron chi connectivity index (χ1n) is 11.5. The van der Waals surface area contributed by atoms with E-state index in [1.807, 2.05) is 92.7 Å². The molecule has 0 spiro atoms. The van der Waals surface area contributed by atoms with Crippen molar-refractivity contribution in [2.45, 2.75) is 31.3 Å². The van der Waals surface area contributed by atoms with Crippen molar-refractivity contribution in [3.63, 3.8) is 0 Å². The molecule has 6 nitrogen and oxygen atoms in total. The zero-order valence-electron chi connectivity index (χ0n) is 19.6. The maximum Gasteiger partial charge on any atom is 0.262 e. The van der Waals surface area contributed by atoms with Crippen LogP contribution in [-0.2, 0) is 12.3 Å². The third-order valence-electron chi connectivity index (χ3n) is 5.65. The second-order valence-corrected chi connectivity index (χ2v) is 9.00. The van der Waals surface area contributed by atoms with Crippen molar-refractivity contribution in [1.82, 2.24) is 14.5 Å². The summed E-state index contributed by atoms with van der Waals surface area (Å²) in [6, 6.07) is 25.1. The van der Waals surface area contributed by atoms with Crippen LogP contribution in [0, 0.1) is 6.92 Å². The number of benzene rings is 3. The topological polar surface area (TPSA) is 70.2 Å². The predicted molar refractivity (Wildman–Crippen MR) is 139 cm³/mol. The third-order valence-corrected chi connectivity index (χ3v) is 6.64. The van der Waals surface area contributed by atoms with Crippen molar-refractivity contribution in [3.8, 4) is 17.2 Å². The molecule has 5 rings (SSSR count). The number of hydrogen-bond acceptors (Lipinski definition) is 6. The maximum absolute atomic E-state index is 13.4. The average Bonchev–Trinajstić information content (AvgIpc) is 3.26. The monoisotopic (exact) mass is 483 g/mol. The minimum Gasteiger partial charge on any atom is -0.494 e. The summed E-state index contributed by atoms with van der Waals surface area (Å²) >= 11 is 1.49. The van der Waals surface area contributed by atoms with Crippen LogP contribution in [0.2, 0.25) is 0 Å². The smallest absolute Gasteiger partial charge is 0.262 e. The number of fused-ring (bicyclic) bond motifs is 1. The van der Waals surface area contributed by atoms with E-state index in [0.717, 1.165) is 28.3 Å². The van der Waals surface area contributed by atoms with Gasteiger partial charge >= 0.3 is 0 Å². The Labute approximate surface area is 207 Å². The Hall–Kier alpha value is -3.84. The Kier molecular flexibility index (Phi) is 6.68. The van der Waals surface area contributed by atoms with Crippen molar-refractivity contribution in [2.75, 3.05) is 6.61 Å². The Morgan fingerprint density at radius 3 is 2.46 bits per heavy atom. The summed E-state index contributed by atoms with van der Waals surface area (Å²) < 4.78 is 13.2. The lowest BCUT2D eigenvalue weighted by molar-refractivity contribution is 0.340. The lowest BCUT2D eigenvalue weighted by atomic mass is 10.2. The first-order valence-corrected chi connectivity index (χ1v) is 12.5. The van der Waals surface area contributed by atoms with Gasteiger partial charge in [-0.05, 0) is 55.8 Å². The molecular weight excluding hydrogens is 458 g/mol. The van der Waals surface area contributed by atoms with E-state index in [4.69, 9.17) is 19.1 Å². The summed E-state index contributed by atoms with van der Waals surface area (Å²) in [5.41, 5.74) is 3.40. The highest BCUT2D eigenvalue weighted by molar-refractivity contribution is 7.98. The van der Waals surface area contributed by atoms with Gasteiger partial charge in [0.1, 0.15) is 11.5 Å². The van der Waals surface area contributed by atoms with Gasteiger partial charge in [0, 0.05) is 11.3 Å². The van der Waals surface area contributed by atoms with E-state index in [1.165, 1.54) is 11.8 Å². The molecule has 0 aliphatic rings. The van der Waals surface area contributed by atoms with E-state index in [0.29, 0.717) is 40.9 Å². The van der Waals surface area contributed by atoms with E-state index in [-0.39, 0.29) is 5.56 Å². The van der Waals surface area contributed by atoms with Crippen LogP contribution in [0.25, 0.3) is 22.4 Å². The molecule has 2 aromatic heterocycles. The molecule has 0 N–H and O–H groups in total. The number of hydrogen-bond donors (Lipinski definition) is 0. The van der Waals surface area contributed by atoms with Gasteiger partial charge in [0.2, 0.25) is 5.89 Å². The zero-order valence-corrected chi connectivity index (χ0v) is 20.4. The summed E-state index contributed by atoms with van der Waals surface area (Å²) in [7, 11) is 0. The van der Waals surface area contributed by atoms with Gasteiger partial charge < -0.3 is 9.15 Å². The number of thioether (sulfide) groups is 1. The van der Waals surface area contributed by atoms with Gasteiger partial charge in [-0.3, -0.25) is 9.36 Å². The molecule has 5 aromatic rings. The largest absolute Gasteiger partial charge is 0.494 e. The molecule has 0 bridgehead atoms. The number of ether oxygens (including phenoxy) is 1. The highest BCUT2D eigenvalue weighted by atomic mass is 32.2. The van der Waals surface area contributed by atoms with Crippen LogP contribution in [0.3, 0.4) is 0 Å². The van der Waals surface area contributed by atoms with Gasteiger partial charge in [-0.25, -0.2) is 9.97 Å². The van der Waals surface area contributed by atoms with Crippen LogP contribution in [0.5, 0.6) is 5.75 Å². The Morgan fingerprint density at radius 2 is 1.69 bits per heavy atom. The highest BCUT2D eigenvalue weighted by Gasteiger charge is 2.16. The van der Waals surface area contributed by atoms with Crippen LogP contribution in [0.15, 0.2) is 93.2 Å². The summed E-state index contributed by atoms with van der Waals surface area (Å²) in [6.07, 6.45) is 0. The molecule has 0 amide bonds. The van der Waals surface area contributed by atoms with Crippen LogP contribution in [0.1, 0.15) is 23.9 Å². The standard InChI is InChI=1S/C28H25N3O3S/c1-3-33-22-15-13-21(14-16-22)26-29-25(19(2)34-26)18-35-28-30-24-12-8-7-11-23(24)27(32)31(28)17-20-9-5-4-6-10-20/h4-16H,3,17-18H2,1-2H3. The summed E-state index contributed by atoms with van der Waals surface area (Å²) in [4.78, 5) is 22.9. The zero-order chi connectivity index (χ0) is 24.2. The second-order valence-electron chi connectivity index (χ2n) is 8.06. The molecule has 0 aliphatic heterocycles. The SMILES string of the molecule is CCOc1ccc(-c2nc(CSc3nc4ccccc4c(=O)n3Cc3ccccc3)c(C)o2)cc1. The van der Waals surface area contributed by atoms with Gasteiger partial charge in [0.15, 0.2) is 5.16 Å². The molecule has 0 radical (unpaired) electrons. The minimum absolute atomic E-state index is 0.0473. The van der Waals surface area contributed by atoms with Crippen molar-refractivity contribution in [2.24, 2.45) is 0 Å². The fraction of sp³-hybridized carbons (Fsp3) is 0.179. The fourth-order valence-electron chi connectivity index (χ4n) is 3.84. The van der Waals surface area contributed by atoms with Crippen LogP contribution in [0.4, 0.5) is 0 Å². The number of nitrogens with zero attached hydrogens (tertiary/aromatic N) is 3. The van der Waals surface area contributed by atoms with Crippen molar-refractivity contribution >= 4 is 22.7 Å². The summed E-state index contributed by atoms with van der Waals surface area (Å²) in [5.74, 6) is 2.66. The molecule has 7 heteroatoms. The molecule has 176 valence electrons. The number of aryl methyl sites for hydroxylation is 1. The average molecular weight is 484 g/mol. The number of aromatic nitrogens is 3. The normalized spacial score (nSPS) is 11.1. The molecule has 35 heavy (non-hydrogen) atoms. The first-order chi connectivity index (χ1) is 17.1. The lowest BCUT2D eigenvalue weighted by Crippen LogP contribution is -2.24. The number of oxazole rings is 1. The molecule has 0 unspecified atom stereocenters. The van der Waals surface area contributed by atoms with Gasteiger partial charge in [-0.1, -0.05) is 54.2 Å². The fourth-order valence-corrected chi connectivity index (χ4v) is 4.84. The van der Waals surface area contributed by atoms with Crippen molar-refractivity contribution in [3.05, 3.63) is 106 Å². The van der Waals surface area contributed by atoms with E-state index in [9.17, 15) is 4.79 Å². The minimum atomic E-state index is -0.0473. The van der Waals surface area contributed by atoms with Gasteiger partial charge in [-0.15, -0.1) is 0 Å². The van der Waals surface area contributed by atoms with Crippen LogP contribution >= 0.6 is 11.8 Å². The van der Waals surface area contributed by atoms with Crippen LogP contribution in [-0.4, -0.2) is 21.1 Å². The van der Waals surface area contributed by atoms with E-state index in [2.05, 4.69) is 0 Å². The molecule has 0 atom stereocenters. The van der Waals surface area contributed by atoms with E-state index < -0.39 is 0 Å². The molecular formula is C28H25N3O3S. The second kappa shape index (κ2) is 10.2. The molecule has 0 saturated carbocycles. The summed E-state index contributed by atoms with van der Waals surface area (Å²) in [5, 5.41) is 1.27. The van der Waals surface area contributed by atoms with Gasteiger partial charge in [-0.2, -0.15) is 0 Å². The summed E-state index contributed by atoms with van der Waals surface area (Å²) in [6.45, 7) is 4.94. The Balaban J connectivity index is 1.44. The van der Waals surface area contributed by atoms with Gasteiger partial charge in [0.25, 0.3) is 5.56 Å². The molecule has 0 saturated heterocycles.